The molecule has 160 valence electrons. The molecule has 0 radical (unpaired) electrons. The van der Waals surface area contributed by atoms with Gasteiger partial charge in [0, 0.05) is 6.42 Å². The minimum atomic E-state index is -1.73. The fourth-order valence-corrected chi connectivity index (χ4v) is 4.69. The van der Waals surface area contributed by atoms with Crippen LogP contribution in [0.3, 0.4) is 0 Å². The second kappa shape index (κ2) is 8.20. The molecule has 30 heavy (non-hydrogen) atoms. The van der Waals surface area contributed by atoms with Crippen molar-refractivity contribution in [3.63, 3.8) is 0 Å². The van der Waals surface area contributed by atoms with Crippen molar-refractivity contribution >= 4 is 17.3 Å². The van der Waals surface area contributed by atoms with Crippen LogP contribution in [-0.4, -0.2) is 44.0 Å². The molecule has 0 amide bonds. The van der Waals surface area contributed by atoms with E-state index in [1.54, 1.807) is 12.1 Å². The first-order chi connectivity index (χ1) is 14.5. The number of rotatable bonds is 5. The summed E-state index contributed by atoms with van der Waals surface area (Å²) in [5, 5.41) is 25.4. The number of aliphatic hydroxyl groups is 1. The Balaban J connectivity index is 1.60. The summed E-state index contributed by atoms with van der Waals surface area (Å²) >= 11 is 0. The number of esters is 1. The van der Waals surface area contributed by atoms with E-state index in [0.717, 1.165) is 25.7 Å². The van der Waals surface area contributed by atoms with E-state index in [1.807, 2.05) is 6.92 Å². The van der Waals surface area contributed by atoms with Crippen molar-refractivity contribution in [2.24, 2.45) is 5.92 Å². The molecule has 2 aromatic rings. The Morgan fingerprint density at radius 2 is 2.20 bits per heavy atom. The van der Waals surface area contributed by atoms with Crippen molar-refractivity contribution in [1.29, 1.82) is 5.26 Å². The molecule has 0 unspecified atom stereocenters. The number of aromatic nitrogens is 3. The van der Waals surface area contributed by atoms with Crippen molar-refractivity contribution in [3.05, 3.63) is 24.2 Å². The van der Waals surface area contributed by atoms with Gasteiger partial charge in [0.1, 0.15) is 24.0 Å². The lowest BCUT2D eigenvalue weighted by Gasteiger charge is -2.25. The third-order valence-electron chi connectivity index (χ3n) is 6.31. The van der Waals surface area contributed by atoms with E-state index in [2.05, 4.69) is 16.2 Å². The molecule has 1 saturated carbocycles. The monoisotopic (exact) mass is 413 g/mol. The molecule has 1 saturated heterocycles. The summed E-state index contributed by atoms with van der Waals surface area (Å²) in [7, 11) is 0. The minimum absolute atomic E-state index is 0.249. The van der Waals surface area contributed by atoms with Gasteiger partial charge in [-0.15, -0.1) is 0 Å². The van der Waals surface area contributed by atoms with Crippen LogP contribution in [0.2, 0.25) is 0 Å². The van der Waals surface area contributed by atoms with E-state index >= 15 is 0 Å². The molecule has 9 heteroatoms. The number of carbonyl (C=O) groups excluding carboxylic acids is 1. The number of aliphatic hydroxyl groups excluding tert-OH is 1. The van der Waals surface area contributed by atoms with Crippen LogP contribution in [0.1, 0.15) is 57.6 Å². The van der Waals surface area contributed by atoms with Crippen LogP contribution in [0.5, 0.6) is 0 Å². The number of nitrogens with two attached hydrogens (primary N) is 1. The molecule has 0 spiro atoms. The fourth-order valence-electron chi connectivity index (χ4n) is 4.69. The van der Waals surface area contributed by atoms with E-state index in [-0.39, 0.29) is 11.8 Å². The van der Waals surface area contributed by atoms with Crippen molar-refractivity contribution in [2.75, 3.05) is 5.73 Å². The maximum absolute atomic E-state index is 12.6. The summed E-state index contributed by atoms with van der Waals surface area (Å²) in [6, 6.07) is 5.41. The molecular weight excluding hydrogens is 386 g/mol. The fraction of sp³-hybridized carbons (Fsp3) is 0.619. The summed E-state index contributed by atoms with van der Waals surface area (Å²) in [6.07, 6.45) is 4.69. The van der Waals surface area contributed by atoms with Crippen molar-refractivity contribution in [2.45, 2.75) is 75.8 Å². The van der Waals surface area contributed by atoms with Gasteiger partial charge in [-0.3, -0.25) is 4.79 Å². The number of nitrogen functional groups attached to an aromatic ring is 1. The van der Waals surface area contributed by atoms with E-state index in [4.69, 9.17) is 15.2 Å². The van der Waals surface area contributed by atoms with Gasteiger partial charge in [0.05, 0.1) is 11.8 Å². The predicted molar refractivity (Wildman–Crippen MR) is 107 cm³/mol. The average molecular weight is 413 g/mol. The quantitative estimate of drug-likeness (QED) is 0.711. The van der Waals surface area contributed by atoms with Gasteiger partial charge in [-0.05, 0) is 37.3 Å². The summed E-state index contributed by atoms with van der Waals surface area (Å²) in [4.78, 5) is 16.5. The third kappa shape index (κ3) is 3.40. The van der Waals surface area contributed by atoms with Crippen molar-refractivity contribution < 1.29 is 19.4 Å². The molecule has 9 nitrogen and oxygen atoms in total. The second-order valence-corrected chi connectivity index (χ2v) is 8.18. The normalized spacial score (nSPS) is 29.7. The van der Waals surface area contributed by atoms with Crippen LogP contribution in [0, 0.1) is 17.2 Å². The smallest absolute Gasteiger partial charge is 0.306 e. The molecule has 3 N–H and O–H groups in total. The Hall–Kier alpha value is -2.70. The molecule has 0 aromatic carbocycles. The van der Waals surface area contributed by atoms with Crippen LogP contribution in [-0.2, 0) is 19.9 Å². The molecule has 1 aliphatic carbocycles. The van der Waals surface area contributed by atoms with Gasteiger partial charge >= 0.3 is 5.97 Å². The maximum Gasteiger partial charge on any atom is 0.306 e. The molecule has 2 aromatic heterocycles. The number of nitrogens with zero attached hydrogens (tertiary/aromatic N) is 4. The molecule has 0 bridgehead atoms. The van der Waals surface area contributed by atoms with E-state index in [1.165, 1.54) is 17.3 Å². The minimum Gasteiger partial charge on any atom is -0.457 e. The summed E-state index contributed by atoms with van der Waals surface area (Å²) < 4.78 is 13.2. The first-order valence-electron chi connectivity index (χ1n) is 10.6. The highest BCUT2D eigenvalue weighted by atomic mass is 16.6. The van der Waals surface area contributed by atoms with Gasteiger partial charge in [-0.25, -0.2) is 9.50 Å². The number of hydrogen-bond acceptors (Lipinski definition) is 8. The SMILES string of the molecule is CC[C@H]1O[C@@](C#N)(c2ccc3c(N)ncnn23)[C@H](O)[C@@H]1OC(=O)CC1CCCCC1. The molecule has 1 aliphatic heterocycles. The molecule has 2 aliphatic rings. The van der Waals surface area contributed by atoms with Gasteiger partial charge in [-0.1, -0.05) is 26.2 Å². The molecular formula is C21H27N5O4. The van der Waals surface area contributed by atoms with E-state index in [0.29, 0.717) is 30.0 Å². The van der Waals surface area contributed by atoms with Gasteiger partial charge < -0.3 is 20.3 Å². The first kappa shape index (κ1) is 20.6. The highest BCUT2D eigenvalue weighted by molar-refractivity contribution is 5.70. The van der Waals surface area contributed by atoms with Gasteiger partial charge in [0.2, 0.25) is 5.60 Å². The molecule has 4 rings (SSSR count). The predicted octanol–water partition coefficient (Wildman–Crippen LogP) is 2.08. The number of nitriles is 1. The Morgan fingerprint density at radius 3 is 2.90 bits per heavy atom. The highest BCUT2D eigenvalue weighted by Gasteiger charge is 2.59. The number of anilines is 1. The van der Waals surface area contributed by atoms with Crippen LogP contribution >= 0.6 is 0 Å². The second-order valence-electron chi connectivity index (χ2n) is 8.18. The zero-order valence-corrected chi connectivity index (χ0v) is 17.0. The number of carbonyl (C=O) groups is 1. The topological polar surface area (TPSA) is 136 Å². The Labute approximate surface area is 174 Å². The average Bonchev–Trinajstić information content (AvgIpc) is 3.30. The number of ether oxygens (including phenoxy) is 2. The highest BCUT2D eigenvalue weighted by Crippen LogP contribution is 2.42. The van der Waals surface area contributed by atoms with Crippen LogP contribution in [0.4, 0.5) is 5.82 Å². The summed E-state index contributed by atoms with van der Waals surface area (Å²) in [6.45, 7) is 1.86. The Kier molecular flexibility index (Phi) is 5.62. The number of fused-ring (bicyclic) bond motifs is 1. The standard InChI is InChI=1S/C21H27N5O4/c1-2-15-18(29-17(27)10-13-6-4-3-5-7-13)19(28)21(11-22,30-15)16-9-8-14-20(23)24-12-25-26(14)16/h8-9,12-13,15,18-19,28H,2-7,10H2,1H3,(H2,23,24,25)/t15-,18-,19-,21+/m1/s1. The van der Waals surface area contributed by atoms with Gasteiger partial charge in [0.25, 0.3) is 0 Å². The van der Waals surface area contributed by atoms with Gasteiger partial charge in [0.15, 0.2) is 11.9 Å². The number of hydrogen-bond donors (Lipinski definition) is 2. The lowest BCUT2D eigenvalue weighted by molar-refractivity contribution is -0.157. The largest absolute Gasteiger partial charge is 0.457 e. The lowest BCUT2D eigenvalue weighted by Crippen LogP contribution is -2.42. The maximum atomic E-state index is 12.6. The molecule has 3 heterocycles. The first-order valence-corrected chi connectivity index (χ1v) is 10.6. The Morgan fingerprint density at radius 1 is 1.43 bits per heavy atom. The zero-order valence-electron chi connectivity index (χ0n) is 17.0. The van der Waals surface area contributed by atoms with Gasteiger partial charge in [-0.2, -0.15) is 10.4 Å². The van der Waals surface area contributed by atoms with Crippen LogP contribution in [0.15, 0.2) is 18.5 Å². The molecule has 2 fully saturated rings. The zero-order chi connectivity index (χ0) is 21.3. The van der Waals surface area contributed by atoms with Crippen molar-refractivity contribution in [1.82, 2.24) is 14.6 Å². The van der Waals surface area contributed by atoms with Crippen LogP contribution in [0.25, 0.3) is 5.52 Å². The van der Waals surface area contributed by atoms with Crippen molar-refractivity contribution in [3.8, 4) is 6.07 Å². The van der Waals surface area contributed by atoms with E-state index < -0.39 is 23.9 Å². The lowest BCUT2D eigenvalue weighted by atomic mass is 9.87. The van der Waals surface area contributed by atoms with E-state index in [9.17, 15) is 15.2 Å². The Bertz CT molecular complexity index is 964. The van der Waals surface area contributed by atoms with Crippen LogP contribution < -0.4 is 5.73 Å². The molecule has 4 atom stereocenters. The third-order valence-corrected chi connectivity index (χ3v) is 6.31. The summed E-state index contributed by atoms with van der Waals surface area (Å²) in [5.41, 5.74) is 4.99. The summed E-state index contributed by atoms with van der Waals surface area (Å²) in [5.74, 6) is 0.216.